The minimum Gasteiger partial charge on any atom is -0.382 e. The predicted molar refractivity (Wildman–Crippen MR) is 90.1 cm³/mol. The molecule has 0 saturated heterocycles. The molecule has 0 saturated carbocycles. The first-order valence-corrected chi connectivity index (χ1v) is 7.71. The van der Waals surface area contributed by atoms with E-state index in [4.69, 9.17) is 22.1 Å². The summed E-state index contributed by atoms with van der Waals surface area (Å²) in [6.07, 6.45) is 0.921. The first-order chi connectivity index (χ1) is 9.95. The molecule has 118 valence electrons. The van der Waals surface area contributed by atoms with Gasteiger partial charge in [-0.3, -0.25) is 4.99 Å². The molecule has 0 heterocycles. The third-order valence-electron chi connectivity index (χ3n) is 3.25. The zero-order chi connectivity index (χ0) is 15.7. The monoisotopic (exact) mass is 311 g/mol. The van der Waals surface area contributed by atoms with E-state index in [2.05, 4.69) is 24.2 Å². The van der Waals surface area contributed by atoms with Gasteiger partial charge in [0.1, 0.15) is 0 Å². The van der Waals surface area contributed by atoms with Gasteiger partial charge < -0.3 is 15.8 Å². The number of nitrogens with one attached hydrogen (secondary N) is 1. The molecule has 0 spiro atoms. The molecule has 0 unspecified atom stereocenters. The highest BCUT2D eigenvalue weighted by Crippen LogP contribution is 2.24. The quantitative estimate of drug-likeness (QED) is 0.441. The van der Waals surface area contributed by atoms with Crippen molar-refractivity contribution in [2.24, 2.45) is 10.7 Å². The van der Waals surface area contributed by atoms with Crippen molar-refractivity contribution < 1.29 is 4.74 Å². The van der Waals surface area contributed by atoms with Crippen LogP contribution in [0.25, 0.3) is 0 Å². The molecule has 1 rings (SSSR count). The van der Waals surface area contributed by atoms with Crippen LogP contribution < -0.4 is 11.1 Å². The molecule has 3 N–H and O–H groups in total. The summed E-state index contributed by atoms with van der Waals surface area (Å²) in [5.41, 5.74) is 6.99. The van der Waals surface area contributed by atoms with Crippen LogP contribution in [0.5, 0.6) is 0 Å². The van der Waals surface area contributed by atoms with E-state index in [1.165, 1.54) is 5.56 Å². The number of guanidine groups is 1. The number of nitrogens with zero attached hydrogens (tertiary/aromatic N) is 1. The molecule has 0 atom stereocenters. The van der Waals surface area contributed by atoms with E-state index >= 15 is 0 Å². The molecule has 0 radical (unpaired) electrons. The average Bonchev–Trinajstić information content (AvgIpc) is 2.45. The van der Waals surface area contributed by atoms with Gasteiger partial charge in [0.25, 0.3) is 0 Å². The lowest BCUT2D eigenvalue weighted by atomic mass is 9.85. The van der Waals surface area contributed by atoms with Crippen molar-refractivity contribution >= 4 is 17.6 Å². The molecule has 4 nitrogen and oxygen atoms in total. The summed E-state index contributed by atoms with van der Waals surface area (Å²) in [4.78, 5) is 4.42. The number of hydrogen-bond donors (Lipinski definition) is 2. The molecule has 1 aromatic carbocycles. The molecule has 21 heavy (non-hydrogen) atoms. The van der Waals surface area contributed by atoms with Gasteiger partial charge in [0.2, 0.25) is 0 Å². The number of nitrogens with two attached hydrogens (primary N) is 1. The zero-order valence-corrected chi connectivity index (χ0v) is 13.9. The largest absolute Gasteiger partial charge is 0.382 e. The molecule has 5 heteroatoms. The number of benzene rings is 1. The summed E-state index contributed by atoms with van der Waals surface area (Å²) in [6.45, 7) is 9.16. The van der Waals surface area contributed by atoms with Gasteiger partial charge >= 0.3 is 0 Å². The van der Waals surface area contributed by atoms with E-state index in [1.54, 1.807) is 0 Å². The van der Waals surface area contributed by atoms with Gasteiger partial charge in [-0.1, -0.05) is 37.6 Å². The Morgan fingerprint density at radius 1 is 1.33 bits per heavy atom. The van der Waals surface area contributed by atoms with Crippen LogP contribution in [0.2, 0.25) is 5.02 Å². The van der Waals surface area contributed by atoms with Gasteiger partial charge in [0.15, 0.2) is 5.96 Å². The molecule has 0 aliphatic heterocycles. The van der Waals surface area contributed by atoms with Gasteiger partial charge in [-0.05, 0) is 31.0 Å². The maximum atomic E-state index is 5.91. The van der Waals surface area contributed by atoms with Crippen LogP contribution in [0.1, 0.15) is 32.8 Å². The first kappa shape index (κ1) is 17.8. The lowest BCUT2D eigenvalue weighted by molar-refractivity contribution is 0.145. The number of aliphatic imine (C=N–C) groups is 1. The summed E-state index contributed by atoms with van der Waals surface area (Å²) in [5.74, 6) is 0.480. The molecule has 0 fully saturated rings. The Morgan fingerprint density at radius 3 is 2.62 bits per heavy atom. The lowest BCUT2D eigenvalue weighted by Crippen LogP contribution is -2.34. The van der Waals surface area contributed by atoms with E-state index in [1.807, 2.05) is 31.2 Å². The lowest BCUT2D eigenvalue weighted by Gasteiger charge is -2.23. The van der Waals surface area contributed by atoms with Crippen molar-refractivity contribution in [1.82, 2.24) is 5.32 Å². The predicted octanol–water partition coefficient (Wildman–Crippen LogP) is 2.95. The first-order valence-electron chi connectivity index (χ1n) is 7.33. The SMILES string of the molecule is CCOCCCNC(N)=NCC(C)(C)c1ccc(Cl)cc1. The summed E-state index contributed by atoms with van der Waals surface area (Å²) in [6, 6.07) is 7.86. The van der Waals surface area contributed by atoms with Crippen molar-refractivity contribution in [2.75, 3.05) is 26.3 Å². The van der Waals surface area contributed by atoms with E-state index in [0.717, 1.165) is 31.2 Å². The van der Waals surface area contributed by atoms with Crippen LogP contribution in [0.3, 0.4) is 0 Å². The van der Waals surface area contributed by atoms with Crippen molar-refractivity contribution in [1.29, 1.82) is 0 Å². The van der Waals surface area contributed by atoms with E-state index < -0.39 is 0 Å². The van der Waals surface area contributed by atoms with Gasteiger partial charge in [0.05, 0.1) is 6.54 Å². The van der Waals surface area contributed by atoms with Crippen molar-refractivity contribution in [3.8, 4) is 0 Å². The van der Waals surface area contributed by atoms with Gasteiger partial charge in [-0.25, -0.2) is 0 Å². The smallest absolute Gasteiger partial charge is 0.188 e. The fraction of sp³-hybridized carbons (Fsp3) is 0.562. The van der Waals surface area contributed by atoms with Crippen LogP contribution in [-0.4, -0.2) is 32.3 Å². The van der Waals surface area contributed by atoms with E-state index in [-0.39, 0.29) is 5.41 Å². The summed E-state index contributed by atoms with van der Waals surface area (Å²) < 4.78 is 5.27. The normalized spacial score (nSPS) is 12.5. The van der Waals surface area contributed by atoms with Crippen molar-refractivity contribution in [3.05, 3.63) is 34.9 Å². The zero-order valence-electron chi connectivity index (χ0n) is 13.2. The summed E-state index contributed by atoms with van der Waals surface area (Å²) >= 11 is 5.91. The number of halogens is 1. The molecule has 0 bridgehead atoms. The second kappa shape index (κ2) is 8.90. The highest BCUT2D eigenvalue weighted by Gasteiger charge is 2.20. The molecular weight excluding hydrogens is 286 g/mol. The second-order valence-corrected chi connectivity index (χ2v) is 6.01. The Hall–Kier alpha value is -1.26. The highest BCUT2D eigenvalue weighted by molar-refractivity contribution is 6.30. The number of hydrogen-bond acceptors (Lipinski definition) is 2. The van der Waals surface area contributed by atoms with Gasteiger partial charge in [0, 0.05) is 30.2 Å². The molecule has 0 aromatic heterocycles. The summed E-state index contributed by atoms with van der Waals surface area (Å²) in [5, 5.41) is 3.85. The molecule has 1 aromatic rings. The second-order valence-electron chi connectivity index (χ2n) is 5.57. The maximum Gasteiger partial charge on any atom is 0.188 e. The topological polar surface area (TPSA) is 59.6 Å². The van der Waals surface area contributed by atoms with Crippen molar-refractivity contribution in [2.45, 2.75) is 32.6 Å². The number of rotatable bonds is 8. The molecular formula is C16H26ClN3O. The van der Waals surface area contributed by atoms with Crippen LogP contribution >= 0.6 is 11.6 Å². The van der Waals surface area contributed by atoms with Crippen LogP contribution in [0.4, 0.5) is 0 Å². The Morgan fingerprint density at radius 2 is 2.00 bits per heavy atom. The fourth-order valence-corrected chi connectivity index (χ4v) is 1.99. The third kappa shape index (κ3) is 6.82. The summed E-state index contributed by atoms with van der Waals surface area (Å²) in [7, 11) is 0. The van der Waals surface area contributed by atoms with Gasteiger partial charge in [-0.15, -0.1) is 0 Å². The Labute approximate surface area is 132 Å². The minimum atomic E-state index is -0.0811. The molecule has 0 aliphatic rings. The average molecular weight is 312 g/mol. The van der Waals surface area contributed by atoms with Crippen molar-refractivity contribution in [3.63, 3.8) is 0 Å². The Kier molecular flexibility index (Phi) is 7.54. The van der Waals surface area contributed by atoms with E-state index in [0.29, 0.717) is 12.5 Å². The molecule has 0 aliphatic carbocycles. The third-order valence-corrected chi connectivity index (χ3v) is 3.50. The van der Waals surface area contributed by atoms with E-state index in [9.17, 15) is 0 Å². The highest BCUT2D eigenvalue weighted by atomic mass is 35.5. The van der Waals surface area contributed by atoms with Crippen LogP contribution in [-0.2, 0) is 10.2 Å². The minimum absolute atomic E-state index is 0.0811. The molecule has 0 amide bonds. The Bertz CT molecular complexity index is 443. The fourth-order valence-electron chi connectivity index (χ4n) is 1.87. The maximum absolute atomic E-state index is 5.91. The van der Waals surface area contributed by atoms with Crippen LogP contribution in [0.15, 0.2) is 29.3 Å². The van der Waals surface area contributed by atoms with Crippen LogP contribution in [0, 0.1) is 0 Å². The number of ether oxygens (including phenoxy) is 1. The Balaban J connectivity index is 2.43. The standard InChI is InChI=1S/C16H26ClN3O/c1-4-21-11-5-10-19-15(18)20-12-16(2,3)13-6-8-14(17)9-7-13/h6-9H,4-5,10-12H2,1-3H3,(H3,18,19,20). The van der Waals surface area contributed by atoms with Gasteiger partial charge in [-0.2, -0.15) is 0 Å².